The highest BCUT2D eigenvalue weighted by molar-refractivity contribution is 7.98. The minimum atomic E-state index is -0.922. The lowest BCUT2D eigenvalue weighted by Gasteiger charge is -2.00. The molecule has 1 heterocycles. The van der Waals surface area contributed by atoms with Gasteiger partial charge in [0.05, 0.1) is 11.3 Å². The Bertz CT molecular complexity index is 733. The average molecular weight is 285 g/mol. The van der Waals surface area contributed by atoms with Crippen molar-refractivity contribution in [2.45, 2.75) is 10.6 Å². The van der Waals surface area contributed by atoms with Gasteiger partial charge >= 0.3 is 5.97 Å². The first-order valence-electron chi connectivity index (χ1n) is 6.03. The molecule has 0 saturated heterocycles. The van der Waals surface area contributed by atoms with Gasteiger partial charge in [0, 0.05) is 4.90 Å². The summed E-state index contributed by atoms with van der Waals surface area (Å²) in [5, 5.41) is 8.95. The van der Waals surface area contributed by atoms with E-state index in [0.29, 0.717) is 11.6 Å². The van der Waals surface area contributed by atoms with Crippen LogP contribution < -0.4 is 0 Å². The van der Waals surface area contributed by atoms with Gasteiger partial charge in [-0.15, -0.1) is 11.8 Å². The molecule has 0 aliphatic carbocycles. The fraction of sp³-hybridized carbons (Fsp3) is 0.0667. The number of fused-ring (bicyclic) bond motifs is 1. The van der Waals surface area contributed by atoms with Crippen LogP contribution in [0.3, 0.4) is 0 Å². The molecule has 0 unspecified atom stereocenters. The molecule has 0 spiro atoms. The fourth-order valence-corrected chi connectivity index (χ4v) is 2.64. The molecule has 0 fully saturated rings. The zero-order valence-corrected chi connectivity index (χ0v) is 11.3. The Morgan fingerprint density at radius 2 is 2.05 bits per heavy atom. The second kappa shape index (κ2) is 5.38. The molecule has 20 heavy (non-hydrogen) atoms. The van der Waals surface area contributed by atoms with Crippen molar-refractivity contribution in [3.8, 4) is 0 Å². The molecule has 2 aromatic carbocycles. The molecule has 1 N–H and O–H groups in total. The van der Waals surface area contributed by atoms with Crippen LogP contribution in [0.5, 0.6) is 0 Å². The molecule has 0 aliphatic heterocycles. The SMILES string of the molecule is O=C(O)c1cccc(SCc2nc3ccccc3o2)c1. The molecular weight excluding hydrogens is 274 g/mol. The Morgan fingerprint density at radius 1 is 1.20 bits per heavy atom. The van der Waals surface area contributed by atoms with E-state index < -0.39 is 5.97 Å². The van der Waals surface area contributed by atoms with Gasteiger partial charge in [0.15, 0.2) is 5.58 Å². The molecule has 3 aromatic rings. The quantitative estimate of drug-likeness (QED) is 0.738. The molecule has 3 rings (SSSR count). The minimum absolute atomic E-state index is 0.285. The first-order chi connectivity index (χ1) is 9.72. The highest BCUT2D eigenvalue weighted by atomic mass is 32.2. The maximum absolute atomic E-state index is 10.9. The van der Waals surface area contributed by atoms with Crippen molar-refractivity contribution in [3.05, 3.63) is 60.0 Å². The zero-order chi connectivity index (χ0) is 13.9. The van der Waals surface area contributed by atoms with Crippen molar-refractivity contribution in [1.82, 2.24) is 4.98 Å². The number of hydrogen-bond acceptors (Lipinski definition) is 4. The number of oxazole rings is 1. The molecular formula is C15H11NO3S. The zero-order valence-electron chi connectivity index (χ0n) is 10.4. The van der Waals surface area contributed by atoms with E-state index in [-0.39, 0.29) is 5.56 Å². The molecule has 0 aliphatic rings. The Morgan fingerprint density at radius 3 is 2.85 bits per heavy atom. The third-order valence-electron chi connectivity index (χ3n) is 2.78. The van der Waals surface area contributed by atoms with Crippen molar-refractivity contribution >= 4 is 28.8 Å². The number of nitrogens with zero attached hydrogens (tertiary/aromatic N) is 1. The lowest BCUT2D eigenvalue weighted by Crippen LogP contribution is -1.95. The van der Waals surface area contributed by atoms with Crippen LogP contribution in [0, 0.1) is 0 Å². The van der Waals surface area contributed by atoms with E-state index in [1.54, 1.807) is 18.2 Å². The molecule has 0 amide bonds. The molecule has 0 radical (unpaired) electrons. The molecule has 5 heteroatoms. The number of para-hydroxylation sites is 2. The summed E-state index contributed by atoms with van der Waals surface area (Å²) in [5.74, 6) is 0.281. The van der Waals surface area contributed by atoms with E-state index >= 15 is 0 Å². The molecule has 0 saturated carbocycles. The van der Waals surface area contributed by atoms with Gasteiger partial charge in [0.1, 0.15) is 5.52 Å². The van der Waals surface area contributed by atoms with E-state index in [9.17, 15) is 4.79 Å². The first-order valence-corrected chi connectivity index (χ1v) is 7.01. The Labute approximate surface area is 119 Å². The smallest absolute Gasteiger partial charge is 0.335 e. The highest BCUT2D eigenvalue weighted by Crippen LogP contribution is 2.25. The van der Waals surface area contributed by atoms with Crippen LogP contribution in [0.25, 0.3) is 11.1 Å². The van der Waals surface area contributed by atoms with Crippen molar-refractivity contribution in [2.24, 2.45) is 0 Å². The third-order valence-corrected chi connectivity index (χ3v) is 3.76. The van der Waals surface area contributed by atoms with Gasteiger partial charge in [-0.25, -0.2) is 9.78 Å². The van der Waals surface area contributed by atoms with E-state index in [1.807, 2.05) is 30.3 Å². The predicted molar refractivity (Wildman–Crippen MR) is 77.0 cm³/mol. The van der Waals surface area contributed by atoms with Gasteiger partial charge in [0.2, 0.25) is 5.89 Å². The van der Waals surface area contributed by atoms with Crippen LogP contribution in [0.1, 0.15) is 16.2 Å². The number of carboxylic acids is 1. The van der Waals surface area contributed by atoms with Gasteiger partial charge in [-0.1, -0.05) is 18.2 Å². The number of carbonyl (C=O) groups is 1. The second-order valence-electron chi connectivity index (χ2n) is 4.20. The van der Waals surface area contributed by atoms with Crippen LogP contribution in [0.2, 0.25) is 0 Å². The summed E-state index contributed by atoms with van der Waals surface area (Å²) in [5.41, 5.74) is 1.89. The summed E-state index contributed by atoms with van der Waals surface area (Å²) in [6.07, 6.45) is 0. The number of aromatic nitrogens is 1. The Hall–Kier alpha value is -2.27. The summed E-state index contributed by atoms with van der Waals surface area (Å²) < 4.78 is 5.62. The Balaban J connectivity index is 1.75. The number of aromatic carboxylic acids is 1. The largest absolute Gasteiger partial charge is 0.478 e. The van der Waals surface area contributed by atoms with Crippen LogP contribution in [-0.2, 0) is 5.75 Å². The van der Waals surface area contributed by atoms with Crippen LogP contribution >= 0.6 is 11.8 Å². The lowest BCUT2D eigenvalue weighted by atomic mass is 10.2. The summed E-state index contributed by atoms with van der Waals surface area (Å²) in [4.78, 5) is 16.2. The minimum Gasteiger partial charge on any atom is -0.478 e. The van der Waals surface area contributed by atoms with Crippen LogP contribution in [0.15, 0.2) is 57.8 Å². The standard InChI is InChI=1S/C15H11NO3S/c17-15(18)10-4-3-5-11(8-10)20-9-14-16-12-6-1-2-7-13(12)19-14/h1-8H,9H2,(H,17,18). The Kier molecular flexibility index (Phi) is 3.43. The monoisotopic (exact) mass is 285 g/mol. The maximum Gasteiger partial charge on any atom is 0.335 e. The van der Waals surface area contributed by atoms with Crippen LogP contribution in [0.4, 0.5) is 0 Å². The third kappa shape index (κ3) is 2.67. The predicted octanol–water partition coefficient (Wildman–Crippen LogP) is 3.82. The summed E-state index contributed by atoms with van der Waals surface area (Å²) in [6.45, 7) is 0. The van der Waals surface area contributed by atoms with Crippen molar-refractivity contribution < 1.29 is 14.3 Å². The molecule has 4 nitrogen and oxygen atoms in total. The second-order valence-corrected chi connectivity index (χ2v) is 5.25. The van der Waals surface area contributed by atoms with Crippen molar-refractivity contribution in [2.75, 3.05) is 0 Å². The summed E-state index contributed by atoms with van der Waals surface area (Å²) in [6, 6.07) is 14.4. The highest BCUT2D eigenvalue weighted by Gasteiger charge is 2.07. The van der Waals surface area contributed by atoms with Gasteiger partial charge < -0.3 is 9.52 Å². The molecule has 100 valence electrons. The first kappa shape index (κ1) is 12.7. The number of hydrogen-bond donors (Lipinski definition) is 1. The maximum atomic E-state index is 10.9. The average Bonchev–Trinajstić information content (AvgIpc) is 2.88. The number of thioether (sulfide) groups is 1. The van der Waals surface area contributed by atoms with Crippen molar-refractivity contribution in [1.29, 1.82) is 0 Å². The topological polar surface area (TPSA) is 63.3 Å². The van der Waals surface area contributed by atoms with Gasteiger partial charge in [0.25, 0.3) is 0 Å². The van der Waals surface area contributed by atoms with E-state index in [1.165, 1.54) is 11.8 Å². The van der Waals surface area contributed by atoms with E-state index in [0.717, 1.165) is 16.0 Å². The van der Waals surface area contributed by atoms with Gasteiger partial charge in [-0.2, -0.15) is 0 Å². The number of rotatable bonds is 4. The van der Waals surface area contributed by atoms with Gasteiger partial charge in [-0.05, 0) is 30.3 Å². The molecule has 1 aromatic heterocycles. The van der Waals surface area contributed by atoms with Crippen LogP contribution in [-0.4, -0.2) is 16.1 Å². The fourth-order valence-electron chi connectivity index (χ4n) is 1.85. The van der Waals surface area contributed by atoms with E-state index in [2.05, 4.69) is 4.98 Å². The van der Waals surface area contributed by atoms with Crippen molar-refractivity contribution in [3.63, 3.8) is 0 Å². The summed E-state index contributed by atoms with van der Waals surface area (Å²) >= 11 is 1.50. The lowest BCUT2D eigenvalue weighted by molar-refractivity contribution is 0.0696. The number of carboxylic acid groups (broad SMARTS) is 1. The summed E-state index contributed by atoms with van der Waals surface area (Å²) in [7, 11) is 0. The molecule has 0 bridgehead atoms. The number of benzene rings is 2. The normalized spacial score (nSPS) is 10.8. The molecule has 0 atom stereocenters. The van der Waals surface area contributed by atoms with E-state index in [4.69, 9.17) is 9.52 Å². The van der Waals surface area contributed by atoms with Gasteiger partial charge in [-0.3, -0.25) is 0 Å².